The van der Waals surface area contributed by atoms with Crippen LogP contribution in [0.15, 0.2) is 46.9 Å². The van der Waals surface area contributed by atoms with Crippen molar-refractivity contribution in [3.8, 4) is 34.3 Å². The molecule has 2 aromatic carbocycles. The van der Waals surface area contributed by atoms with Crippen LogP contribution in [0.1, 0.15) is 13.8 Å². The average molecular weight is 341 g/mol. The van der Waals surface area contributed by atoms with Gasteiger partial charge >= 0.3 is 11.3 Å². The summed E-state index contributed by atoms with van der Waals surface area (Å²) in [5, 5.41) is 10.8. The van der Waals surface area contributed by atoms with Crippen molar-refractivity contribution in [3.05, 3.63) is 42.5 Å². The monoisotopic (exact) mass is 341 g/mol. The Balaban J connectivity index is 2.16. The number of fused-ring (bicyclic) bond motifs is 1. The highest BCUT2D eigenvalue weighted by molar-refractivity contribution is 5.86. The molecule has 0 spiro atoms. The standard InChI is InChI=1S/C20H20O5/c1-4-23-18-12-17(13-6-9-16(21)20(10-13)24-5-2)25-19-11-14(22-3)7-8-15(18)19/h6-12H,4-5H2,1-3H3/p+1. The largest absolute Gasteiger partial charge is 0.504 e. The first-order valence-corrected chi connectivity index (χ1v) is 8.20. The van der Waals surface area contributed by atoms with Gasteiger partial charge in [-0.2, -0.15) is 0 Å². The Morgan fingerprint density at radius 3 is 2.40 bits per heavy atom. The molecular weight excluding hydrogens is 320 g/mol. The molecule has 0 radical (unpaired) electrons. The van der Waals surface area contributed by atoms with Crippen molar-refractivity contribution in [2.75, 3.05) is 20.3 Å². The summed E-state index contributed by atoms with van der Waals surface area (Å²) in [5.41, 5.74) is 1.44. The summed E-state index contributed by atoms with van der Waals surface area (Å²) in [4.78, 5) is 0. The molecule has 0 amide bonds. The summed E-state index contributed by atoms with van der Waals surface area (Å²) >= 11 is 0. The third kappa shape index (κ3) is 3.45. The van der Waals surface area contributed by atoms with E-state index in [4.69, 9.17) is 18.6 Å². The minimum Gasteiger partial charge on any atom is -0.504 e. The molecule has 5 nitrogen and oxygen atoms in total. The summed E-state index contributed by atoms with van der Waals surface area (Å²) in [6, 6.07) is 12.6. The van der Waals surface area contributed by atoms with Crippen LogP contribution in [-0.4, -0.2) is 25.4 Å². The van der Waals surface area contributed by atoms with Crippen molar-refractivity contribution in [2.45, 2.75) is 13.8 Å². The van der Waals surface area contributed by atoms with Crippen LogP contribution in [0.2, 0.25) is 0 Å². The lowest BCUT2D eigenvalue weighted by Gasteiger charge is -2.07. The van der Waals surface area contributed by atoms with Gasteiger partial charge in [0.15, 0.2) is 11.5 Å². The van der Waals surface area contributed by atoms with E-state index in [-0.39, 0.29) is 5.75 Å². The Hall–Kier alpha value is -2.95. The molecule has 1 heterocycles. The number of aromatic hydroxyl groups is 1. The zero-order valence-corrected chi connectivity index (χ0v) is 14.5. The molecule has 1 N–H and O–H groups in total. The number of phenols is 1. The Bertz CT molecular complexity index is 889. The van der Waals surface area contributed by atoms with Gasteiger partial charge in [0.1, 0.15) is 16.9 Å². The maximum atomic E-state index is 9.90. The maximum Gasteiger partial charge on any atom is 0.368 e. The molecule has 0 bridgehead atoms. The number of hydrogen-bond donors (Lipinski definition) is 1. The van der Waals surface area contributed by atoms with Crippen LogP contribution in [0, 0.1) is 0 Å². The van der Waals surface area contributed by atoms with Crippen molar-refractivity contribution in [1.29, 1.82) is 0 Å². The fourth-order valence-electron chi connectivity index (χ4n) is 2.62. The van der Waals surface area contributed by atoms with Gasteiger partial charge in [0.05, 0.1) is 38.0 Å². The van der Waals surface area contributed by atoms with Crippen LogP contribution in [0.25, 0.3) is 22.3 Å². The lowest BCUT2D eigenvalue weighted by Crippen LogP contribution is -1.95. The van der Waals surface area contributed by atoms with Crippen LogP contribution in [0.3, 0.4) is 0 Å². The highest BCUT2D eigenvalue weighted by Crippen LogP contribution is 2.37. The van der Waals surface area contributed by atoms with Crippen molar-refractivity contribution < 1.29 is 23.7 Å². The second-order valence-electron chi connectivity index (χ2n) is 5.39. The number of ether oxygens (including phenoxy) is 3. The zero-order chi connectivity index (χ0) is 17.8. The first kappa shape index (κ1) is 16.9. The summed E-state index contributed by atoms with van der Waals surface area (Å²) in [6.07, 6.45) is 0. The summed E-state index contributed by atoms with van der Waals surface area (Å²) in [5.74, 6) is 2.56. The number of hydrogen-bond acceptors (Lipinski definition) is 4. The molecule has 130 valence electrons. The predicted octanol–water partition coefficient (Wildman–Crippen LogP) is 4.89. The molecule has 0 aliphatic carbocycles. The molecule has 0 fully saturated rings. The lowest BCUT2D eigenvalue weighted by atomic mass is 10.1. The number of rotatable bonds is 6. The van der Waals surface area contributed by atoms with Crippen LogP contribution in [0.4, 0.5) is 0 Å². The Kier molecular flexibility index (Phi) is 4.93. The minimum atomic E-state index is 0.0955. The maximum absolute atomic E-state index is 9.90. The van der Waals surface area contributed by atoms with E-state index in [9.17, 15) is 5.11 Å². The van der Waals surface area contributed by atoms with E-state index in [1.165, 1.54) is 0 Å². The highest BCUT2D eigenvalue weighted by Gasteiger charge is 2.22. The topological polar surface area (TPSA) is 59.2 Å². The number of phenolic OH excluding ortho intramolecular Hbond substituents is 1. The molecule has 3 aromatic rings. The van der Waals surface area contributed by atoms with Crippen molar-refractivity contribution in [1.82, 2.24) is 0 Å². The molecule has 5 heteroatoms. The Morgan fingerprint density at radius 2 is 1.68 bits per heavy atom. The highest BCUT2D eigenvalue weighted by atomic mass is 16.5. The van der Waals surface area contributed by atoms with Gasteiger partial charge in [-0.05, 0) is 38.1 Å². The van der Waals surface area contributed by atoms with Crippen LogP contribution >= 0.6 is 0 Å². The fourth-order valence-corrected chi connectivity index (χ4v) is 2.62. The van der Waals surface area contributed by atoms with Gasteiger partial charge in [-0.1, -0.05) is 0 Å². The predicted molar refractivity (Wildman–Crippen MR) is 96.6 cm³/mol. The normalized spacial score (nSPS) is 10.7. The van der Waals surface area contributed by atoms with Gasteiger partial charge in [-0.3, -0.25) is 0 Å². The summed E-state index contributed by atoms with van der Waals surface area (Å²) in [6.45, 7) is 4.82. The second-order valence-corrected chi connectivity index (χ2v) is 5.39. The van der Waals surface area contributed by atoms with Crippen LogP contribution in [0.5, 0.6) is 23.0 Å². The quantitative estimate of drug-likeness (QED) is 0.647. The lowest BCUT2D eigenvalue weighted by molar-refractivity contribution is 0.318. The molecule has 0 aliphatic rings. The molecule has 0 saturated carbocycles. The van der Waals surface area contributed by atoms with Crippen LogP contribution < -0.4 is 14.2 Å². The average Bonchev–Trinajstić information content (AvgIpc) is 2.63. The minimum absolute atomic E-state index is 0.0955. The Labute approximate surface area is 146 Å². The van der Waals surface area contributed by atoms with Crippen molar-refractivity contribution >= 4 is 11.0 Å². The summed E-state index contributed by atoms with van der Waals surface area (Å²) in [7, 11) is 1.61. The van der Waals surface area contributed by atoms with Gasteiger partial charge in [-0.25, -0.2) is 4.42 Å². The van der Waals surface area contributed by atoms with E-state index < -0.39 is 0 Å². The van der Waals surface area contributed by atoms with E-state index in [1.807, 2.05) is 38.1 Å². The zero-order valence-electron chi connectivity index (χ0n) is 14.5. The summed E-state index contributed by atoms with van der Waals surface area (Å²) < 4.78 is 22.6. The first-order valence-electron chi connectivity index (χ1n) is 8.20. The molecule has 1 aromatic heterocycles. The van der Waals surface area contributed by atoms with E-state index >= 15 is 0 Å². The molecule has 0 atom stereocenters. The van der Waals surface area contributed by atoms with Gasteiger partial charge < -0.3 is 19.3 Å². The van der Waals surface area contributed by atoms with E-state index in [0.29, 0.717) is 36.1 Å². The molecule has 0 unspecified atom stereocenters. The van der Waals surface area contributed by atoms with Crippen molar-refractivity contribution in [3.63, 3.8) is 0 Å². The fraction of sp³-hybridized carbons (Fsp3) is 0.250. The van der Waals surface area contributed by atoms with Gasteiger partial charge in [0.25, 0.3) is 0 Å². The third-order valence-corrected chi connectivity index (χ3v) is 3.78. The van der Waals surface area contributed by atoms with Crippen LogP contribution in [-0.2, 0) is 0 Å². The number of methoxy groups -OCH3 is 1. The Morgan fingerprint density at radius 1 is 0.920 bits per heavy atom. The van der Waals surface area contributed by atoms with Gasteiger partial charge in [0.2, 0.25) is 0 Å². The van der Waals surface area contributed by atoms with Crippen molar-refractivity contribution in [2.24, 2.45) is 0 Å². The molecule has 25 heavy (non-hydrogen) atoms. The third-order valence-electron chi connectivity index (χ3n) is 3.78. The SMILES string of the molecule is CCOc1cc(-c2cc(OCC)c3ccc(OC)cc3[o+]2)ccc1O. The van der Waals surface area contributed by atoms with E-state index in [2.05, 4.69) is 0 Å². The molecular formula is C20H21O5+. The first-order chi connectivity index (χ1) is 12.2. The molecule has 3 rings (SSSR count). The van der Waals surface area contributed by atoms with Gasteiger partial charge in [0, 0.05) is 6.07 Å². The molecule has 0 saturated heterocycles. The smallest absolute Gasteiger partial charge is 0.368 e. The van der Waals surface area contributed by atoms with E-state index in [0.717, 1.165) is 16.7 Å². The van der Waals surface area contributed by atoms with Gasteiger partial charge in [-0.15, -0.1) is 0 Å². The van der Waals surface area contributed by atoms with E-state index in [1.54, 1.807) is 25.3 Å². The molecule has 0 aliphatic heterocycles. The number of benzene rings is 2. The second kappa shape index (κ2) is 7.30.